The zero-order chi connectivity index (χ0) is 18.9. The van der Waals surface area contributed by atoms with Gasteiger partial charge in [0.2, 0.25) is 0 Å². The van der Waals surface area contributed by atoms with E-state index in [0.717, 1.165) is 12.8 Å². The highest BCUT2D eigenvalue weighted by Crippen LogP contribution is 2.32. The van der Waals surface area contributed by atoms with E-state index in [0.29, 0.717) is 29.4 Å². The van der Waals surface area contributed by atoms with Crippen LogP contribution in [0.2, 0.25) is 0 Å². The van der Waals surface area contributed by atoms with Gasteiger partial charge in [-0.3, -0.25) is 10.1 Å². The molecule has 0 bridgehead atoms. The number of nitrogens with zero attached hydrogens (tertiary/aromatic N) is 3. The Morgan fingerprint density at radius 1 is 1.46 bits per heavy atom. The number of piperidine rings is 1. The van der Waals surface area contributed by atoms with E-state index in [-0.39, 0.29) is 17.0 Å². The number of non-ortho nitro benzene ring substituents is 1. The molecule has 2 heterocycles. The number of nitro groups is 1. The molecule has 8 nitrogen and oxygen atoms in total. The summed E-state index contributed by atoms with van der Waals surface area (Å²) in [6, 6.07) is 4.35. The molecule has 1 aliphatic heterocycles. The van der Waals surface area contributed by atoms with Crippen LogP contribution in [0.15, 0.2) is 27.8 Å². The molecule has 1 amide bonds. The van der Waals surface area contributed by atoms with Gasteiger partial charge in [-0.15, -0.1) is 0 Å². The van der Waals surface area contributed by atoms with Crippen LogP contribution in [0.3, 0.4) is 0 Å². The monoisotopic (exact) mass is 379 g/mol. The normalized spacial score (nSPS) is 18.1. The number of nitro benzene ring substituents is 1. The Kier molecular flexibility index (Phi) is 5.08. The number of thioether (sulfide) groups is 1. The number of ether oxygens (including phenoxy) is 1. The average molecular weight is 379 g/mol. The molecule has 1 fully saturated rings. The molecule has 1 aromatic carbocycles. The predicted molar refractivity (Wildman–Crippen MR) is 97.3 cm³/mol. The van der Waals surface area contributed by atoms with Crippen LogP contribution in [-0.2, 0) is 4.74 Å². The lowest BCUT2D eigenvalue weighted by molar-refractivity contribution is -0.384. The van der Waals surface area contributed by atoms with Crippen molar-refractivity contribution in [3.63, 3.8) is 0 Å². The van der Waals surface area contributed by atoms with E-state index >= 15 is 0 Å². The minimum atomic E-state index is -0.522. The molecule has 0 aliphatic carbocycles. The van der Waals surface area contributed by atoms with Crippen LogP contribution in [-0.4, -0.2) is 44.8 Å². The summed E-state index contributed by atoms with van der Waals surface area (Å²) in [4.78, 5) is 28.7. The standard InChI is InChI=1S/C17H21N3O5S/c1-17(2,3)25-16(21)19-8-4-5-12(10-19)26-15-18-13-9-11(20(22)23)6-7-14(13)24-15/h6-7,9,12H,4-5,8,10H2,1-3H3/t12-/m0/s1. The van der Waals surface area contributed by atoms with E-state index in [1.807, 2.05) is 20.8 Å². The molecule has 1 aromatic heterocycles. The van der Waals surface area contributed by atoms with Gasteiger partial charge in [0.05, 0.1) is 4.92 Å². The molecule has 1 saturated heterocycles. The SMILES string of the molecule is CC(C)(C)OC(=O)N1CCC[C@H](Sc2nc3cc([N+](=O)[O-])ccc3o2)C1. The number of hydrogen-bond donors (Lipinski definition) is 0. The molecule has 1 aliphatic rings. The molecule has 9 heteroatoms. The molecular formula is C17H21N3O5S. The molecule has 140 valence electrons. The van der Waals surface area contributed by atoms with Gasteiger partial charge >= 0.3 is 6.09 Å². The average Bonchev–Trinajstić information content (AvgIpc) is 2.94. The molecule has 0 N–H and O–H groups in total. The van der Waals surface area contributed by atoms with Crippen LogP contribution in [0.5, 0.6) is 0 Å². The second-order valence-corrected chi connectivity index (χ2v) is 8.45. The fraction of sp³-hybridized carbons (Fsp3) is 0.529. The van der Waals surface area contributed by atoms with E-state index in [1.54, 1.807) is 11.0 Å². The number of fused-ring (bicyclic) bond motifs is 1. The first kappa shape index (κ1) is 18.5. The molecule has 1 atom stereocenters. The zero-order valence-electron chi connectivity index (χ0n) is 14.9. The minimum Gasteiger partial charge on any atom is -0.444 e. The van der Waals surface area contributed by atoms with Gasteiger partial charge in [0, 0.05) is 30.5 Å². The Balaban J connectivity index is 1.67. The van der Waals surface area contributed by atoms with Gasteiger partial charge in [-0.05, 0) is 39.7 Å². The Labute approximate surface area is 155 Å². The van der Waals surface area contributed by atoms with E-state index in [1.165, 1.54) is 23.9 Å². The highest BCUT2D eigenvalue weighted by molar-refractivity contribution is 7.99. The van der Waals surface area contributed by atoms with Crippen molar-refractivity contribution in [2.75, 3.05) is 13.1 Å². The number of carbonyl (C=O) groups excluding carboxylic acids is 1. The lowest BCUT2D eigenvalue weighted by Crippen LogP contribution is -2.43. The number of carbonyl (C=O) groups is 1. The van der Waals surface area contributed by atoms with E-state index < -0.39 is 10.5 Å². The fourth-order valence-electron chi connectivity index (χ4n) is 2.73. The Bertz CT molecular complexity index is 829. The number of rotatable bonds is 3. The van der Waals surface area contributed by atoms with Crippen molar-refractivity contribution in [2.45, 2.75) is 49.7 Å². The molecule has 0 unspecified atom stereocenters. The maximum absolute atomic E-state index is 12.2. The lowest BCUT2D eigenvalue weighted by Gasteiger charge is -2.33. The molecule has 3 rings (SSSR count). The van der Waals surface area contributed by atoms with Crippen molar-refractivity contribution in [1.82, 2.24) is 9.88 Å². The molecule has 0 radical (unpaired) electrons. The summed E-state index contributed by atoms with van der Waals surface area (Å²) in [6.45, 7) is 6.76. The predicted octanol–water partition coefficient (Wildman–Crippen LogP) is 4.23. The Morgan fingerprint density at radius 2 is 2.23 bits per heavy atom. The molecule has 2 aromatic rings. The topological polar surface area (TPSA) is 98.7 Å². The van der Waals surface area contributed by atoms with Crippen molar-refractivity contribution < 1.29 is 18.9 Å². The number of benzene rings is 1. The molecule has 0 saturated carbocycles. The maximum atomic E-state index is 12.2. The van der Waals surface area contributed by atoms with Gasteiger partial charge in [-0.1, -0.05) is 11.8 Å². The highest BCUT2D eigenvalue weighted by Gasteiger charge is 2.29. The van der Waals surface area contributed by atoms with E-state index in [9.17, 15) is 14.9 Å². The second-order valence-electron chi connectivity index (χ2n) is 7.20. The van der Waals surface area contributed by atoms with Crippen LogP contribution in [0.25, 0.3) is 11.1 Å². The van der Waals surface area contributed by atoms with Gasteiger partial charge in [-0.2, -0.15) is 0 Å². The summed E-state index contributed by atoms with van der Waals surface area (Å²) in [7, 11) is 0. The summed E-state index contributed by atoms with van der Waals surface area (Å²) in [5.74, 6) is 0. The van der Waals surface area contributed by atoms with Crippen LogP contribution >= 0.6 is 11.8 Å². The third kappa shape index (κ3) is 4.46. The third-order valence-corrected chi connectivity index (χ3v) is 4.95. The van der Waals surface area contributed by atoms with Crippen molar-refractivity contribution in [2.24, 2.45) is 0 Å². The van der Waals surface area contributed by atoms with Gasteiger partial charge in [0.25, 0.3) is 10.9 Å². The molecule has 26 heavy (non-hydrogen) atoms. The fourth-order valence-corrected chi connectivity index (χ4v) is 3.84. The van der Waals surface area contributed by atoms with Crippen LogP contribution in [0, 0.1) is 10.1 Å². The lowest BCUT2D eigenvalue weighted by atomic mass is 10.1. The van der Waals surface area contributed by atoms with E-state index in [2.05, 4.69) is 4.98 Å². The number of oxazole rings is 1. The first-order chi connectivity index (χ1) is 12.2. The molecular weight excluding hydrogens is 358 g/mol. The van der Waals surface area contributed by atoms with E-state index in [4.69, 9.17) is 9.15 Å². The first-order valence-corrected chi connectivity index (χ1v) is 9.29. The first-order valence-electron chi connectivity index (χ1n) is 8.41. The molecule has 0 spiro atoms. The largest absolute Gasteiger partial charge is 0.444 e. The summed E-state index contributed by atoms with van der Waals surface area (Å²) < 4.78 is 11.1. The minimum absolute atomic E-state index is 0.0175. The number of aromatic nitrogens is 1. The maximum Gasteiger partial charge on any atom is 0.410 e. The van der Waals surface area contributed by atoms with Crippen molar-refractivity contribution >= 4 is 34.6 Å². The van der Waals surface area contributed by atoms with Crippen molar-refractivity contribution in [1.29, 1.82) is 0 Å². The number of amides is 1. The van der Waals surface area contributed by atoms with Gasteiger partial charge in [-0.25, -0.2) is 9.78 Å². The highest BCUT2D eigenvalue weighted by atomic mass is 32.2. The van der Waals surface area contributed by atoms with Crippen molar-refractivity contribution in [3.8, 4) is 0 Å². The van der Waals surface area contributed by atoms with Gasteiger partial charge < -0.3 is 14.1 Å². The quantitative estimate of drug-likeness (QED) is 0.581. The number of likely N-dealkylation sites (tertiary alicyclic amines) is 1. The third-order valence-electron chi connectivity index (χ3n) is 3.86. The summed E-state index contributed by atoms with van der Waals surface area (Å²) >= 11 is 1.45. The van der Waals surface area contributed by atoms with Crippen LogP contribution in [0.1, 0.15) is 33.6 Å². The zero-order valence-corrected chi connectivity index (χ0v) is 15.7. The van der Waals surface area contributed by atoms with Gasteiger partial charge in [0.15, 0.2) is 5.58 Å². The van der Waals surface area contributed by atoms with Crippen LogP contribution in [0.4, 0.5) is 10.5 Å². The van der Waals surface area contributed by atoms with Gasteiger partial charge in [0.1, 0.15) is 11.1 Å². The Morgan fingerprint density at radius 3 is 2.92 bits per heavy atom. The van der Waals surface area contributed by atoms with Crippen LogP contribution < -0.4 is 0 Å². The number of hydrogen-bond acceptors (Lipinski definition) is 7. The summed E-state index contributed by atoms with van der Waals surface area (Å²) in [5, 5.41) is 11.5. The summed E-state index contributed by atoms with van der Waals surface area (Å²) in [6.07, 6.45) is 1.50. The smallest absolute Gasteiger partial charge is 0.410 e. The second kappa shape index (κ2) is 7.14. The summed E-state index contributed by atoms with van der Waals surface area (Å²) in [5.41, 5.74) is 0.433. The van der Waals surface area contributed by atoms with Crippen molar-refractivity contribution in [3.05, 3.63) is 28.3 Å². The Hall–Kier alpha value is -2.29.